The van der Waals surface area contributed by atoms with Gasteiger partial charge >= 0.3 is 0 Å². The second kappa shape index (κ2) is 11.0. The maximum absolute atomic E-state index is 13.0. The number of nitrogens with zero attached hydrogens (tertiary/aromatic N) is 2. The van der Waals surface area contributed by atoms with Crippen molar-refractivity contribution in [3.8, 4) is 34.1 Å². The summed E-state index contributed by atoms with van der Waals surface area (Å²) in [4.78, 5) is 37.3. The number of fused-ring (bicyclic) bond motifs is 1. The number of nitrogens with one attached hydrogen (secondary N) is 2. The summed E-state index contributed by atoms with van der Waals surface area (Å²) >= 11 is 0. The van der Waals surface area contributed by atoms with E-state index in [0.717, 1.165) is 17.3 Å². The summed E-state index contributed by atoms with van der Waals surface area (Å²) in [5, 5.41) is 22.9. The van der Waals surface area contributed by atoms with Gasteiger partial charge in [0.1, 0.15) is 17.7 Å². The van der Waals surface area contributed by atoms with Gasteiger partial charge in [-0.05, 0) is 55.0 Å². The van der Waals surface area contributed by atoms with Crippen molar-refractivity contribution in [3.05, 3.63) is 72.2 Å². The lowest BCUT2D eigenvalue weighted by Crippen LogP contribution is -2.45. The Morgan fingerprint density at radius 1 is 1.18 bits per heavy atom. The number of nitrogens with two attached hydrogens (primary N) is 2. The minimum Gasteiger partial charge on any atom is -0.507 e. The topological polar surface area (TPSA) is 189 Å². The molecule has 2 aromatic heterocycles. The average molecular weight is 517 g/mol. The van der Waals surface area contributed by atoms with Crippen LogP contribution >= 0.6 is 0 Å². The first-order chi connectivity index (χ1) is 18.2. The number of hydrogen-bond donors (Lipinski definition) is 6. The number of phenols is 1. The van der Waals surface area contributed by atoms with Crippen LogP contribution in [0, 0.1) is 0 Å². The van der Waals surface area contributed by atoms with E-state index >= 15 is 0 Å². The number of ether oxygens (including phenoxy) is 1. The molecule has 38 heavy (non-hydrogen) atoms. The largest absolute Gasteiger partial charge is 0.507 e. The van der Waals surface area contributed by atoms with Gasteiger partial charge in [0.15, 0.2) is 5.78 Å². The Kier molecular flexibility index (Phi) is 7.58. The van der Waals surface area contributed by atoms with Crippen molar-refractivity contribution in [2.24, 2.45) is 11.5 Å². The molecule has 0 spiro atoms. The zero-order chi connectivity index (χ0) is 27.4. The predicted molar refractivity (Wildman–Crippen MR) is 142 cm³/mol. The molecule has 0 bridgehead atoms. The fourth-order valence-corrected chi connectivity index (χ4v) is 4.00. The Labute approximate surface area is 218 Å². The number of carbonyl (C=O) groups is 2. The van der Waals surface area contributed by atoms with Crippen molar-refractivity contribution in [1.29, 1.82) is 0 Å². The zero-order valence-corrected chi connectivity index (χ0v) is 20.8. The number of aliphatic hydroxyl groups excluding tert-OH is 1. The smallest absolute Gasteiger partial charge is 0.251 e. The number of hydrogen-bond acceptors (Lipinski definition) is 9. The van der Waals surface area contributed by atoms with Gasteiger partial charge in [0.2, 0.25) is 5.88 Å². The van der Waals surface area contributed by atoms with Gasteiger partial charge in [-0.1, -0.05) is 6.07 Å². The third kappa shape index (κ3) is 5.42. The van der Waals surface area contributed by atoms with E-state index in [0.29, 0.717) is 28.3 Å². The molecule has 2 aromatic carbocycles. The summed E-state index contributed by atoms with van der Waals surface area (Å²) < 4.78 is 5.36. The van der Waals surface area contributed by atoms with Crippen LogP contribution in [0.1, 0.15) is 23.7 Å². The molecule has 4 aromatic rings. The quantitative estimate of drug-likeness (QED) is 0.194. The SMILES string of the molecule is COc1ncccc1-c1ccc(O)c(-c2nc3ccc(C(=O)N[C@@H](C/C(N)=C/N)C(=O)C(C)O)cc3[nH]2)c1. The fraction of sp³-hybridized carbons (Fsp3) is 0.185. The van der Waals surface area contributed by atoms with Crippen LogP contribution in [-0.2, 0) is 4.79 Å². The van der Waals surface area contributed by atoms with Gasteiger partial charge in [0.25, 0.3) is 5.91 Å². The molecular formula is C27H28N6O5. The molecule has 196 valence electrons. The van der Waals surface area contributed by atoms with Crippen molar-refractivity contribution in [3.63, 3.8) is 0 Å². The first-order valence-electron chi connectivity index (χ1n) is 11.7. The lowest BCUT2D eigenvalue weighted by molar-refractivity contribution is -0.128. The van der Waals surface area contributed by atoms with E-state index in [2.05, 4.69) is 20.3 Å². The Morgan fingerprint density at radius 3 is 2.68 bits per heavy atom. The summed E-state index contributed by atoms with van der Waals surface area (Å²) in [7, 11) is 1.53. The number of carbonyl (C=O) groups excluding carboxylic acids is 2. The second-order valence-corrected chi connectivity index (χ2v) is 8.66. The second-order valence-electron chi connectivity index (χ2n) is 8.66. The number of phenolic OH excluding ortho intramolecular Hbond substituents is 1. The van der Waals surface area contributed by atoms with Crippen LogP contribution in [0.15, 0.2) is 66.6 Å². The van der Waals surface area contributed by atoms with Crippen LogP contribution in [0.5, 0.6) is 11.6 Å². The highest BCUT2D eigenvalue weighted by Crippen LogP contribution is 2.35. The maximum atomic E-state index is 13.0. The average Bonchev–Trinajstić information content (AvgIpc) is 3.35. The molecule has 0 saturated carbocycles. The molecule has 0 radical (unpaired) electrons. The van der Waals surface area contributed by atoms with Gasteiger partial charge in [-0.2, -0.15) is 0 Å². The molecular weight excluding hydrogens is 488 g/mol. The molecule has 0 fully saturated rings. The molecule has 11 nitrogen and oxygen atoms in total. The number of ketones is 1. The fourth-order valence-electron chi connectivity index (χ4n) is 4.00. The highest BCUT2D eigenvalue weighted by Gasteiger charge is 2.25. The summed E-state index contributed by atoms with van der Waals surface area (Å²) in [5.74, 6) is -0.282. The molecule has 8 N–H and O–H groups in total. The number of aromatic amines is 1. The van der Waals surface area contributed by atoms with Crippen LogP contribution in [0.25, 0.3) is 33.5 Å². The predicted octanol–water partition coefficient (Wildman–Crippen LogP) is 2.20. The molecule has 0 aliphatic rings. The molecule has 2 heterocycles. The third-order valence-corrected chi connectivity index (χ3v) is 5.99. The highest BCUT2D eigenvalue weighted by molar-refractivity contribution is 6.01. The number of methoxy groups -OCH3 is 1. The first-order valence-corrected chi connectivity index (χ1v) is 11.7. The lowest BCUT2D eigenvalue weighted by atomic mass is 10.0. The van der Waals surface area contributed by atoms with Crippen LogP contribution in [0.2, 0.25) is 0 Å². The number of aromatic hydroxyl groups is 1. The maximum Gasteiger partial charge on any atom is 0.251 e. The van der Waals surface area contributed by atoms with E-state index in [4.69, 9.17) is 16.2 Å². The number of amides is 1. The lowest BCUT2D eigenvalue weighted by Gasteiger charge is -2.19. The van der Waals surface area contributed by atoms with Crippen LogP contribution in [0.3, 0.4) is 0 Å². The Morgan fingerprint density at radius 2 is 1.97 bits per heavy atom. The summed E-state index contributed by atoms with van der Waals surface area (Å²) in [5.41, 5.74) is 14.7. The van der Waals surface area contributed by atoms with Crippen molar-refractivity contribution in [1.82, 2.24) is 20.3 Å². The van der Waals surface area contributed by atoms with E-state index in [1.165, 1.54) is 14.0 Å². The molecule has 0 aliphatic heterocycles. The van der Waals surface area contributed by atoms with Gasteiger partial charge in [0.05, 0.1) is 29.7 Å². The van der Waals surface area contributed by atoms with Gasteiger partial charge in [-0.25, -0.2) is 9.97 Å². The summed E-state index contributed by atoms with van der Waals surface area (Å²) in [6.45, 7) is 1.32. The van der Waals surface area contributed by atoms with Crippen LogP contribution in [-0.4, -0.2) is 56.1 Å². The van der Waals surface area contributed by atoms with E-state index in [1.807, 2.05) is 6.07 Å². The van der Waals surface area contributed by atoms with Crippen molar-refractivity contribution < 1.29 is 24.5 Å². The summed E-state index contributed by atoms with van der Waals surface area (Å²) in [6.07, 6.45) is 1.43. The molecule has 4 rings (SSSR count). The van der Waals surface area contributed by atoms with Crippen molar-refractivity contribution >= 4 is 22.7 Å². The zero-order valence-electron chi connectivity index (χ0n) is 20.8. The third-order valence-electron chi connectivity index (χ3n) is 5.99. The molecule has 0 saturated heterocycles. The molecule has 2 atom stereocenters. The number of benzene rings is 2. The van der Waals surface area contributed by atoms with E-state index in [9.17, 15) is 19.8 Å². The minimum atomic E-state index is -1.29. The molecule has 11 heteroatoms. The minimum absolute atomic E-state index is 0.0126. The standard InChI is InChI=1S/C27H28N6O5/c1-14(34)24(36)22(12-17(29)13-28)33-26(37)16-5-7-20-21(11-16)32-25(31-20)19-10-15(6-8-23(19)35)18-4-3-9-30-27(18)38-2/h3-11,13-14,22,34-35H,12,28-29H2,1-2H3,(H,31,32)(H,33,37)/b17-13-/t14?,22-/m0/s1. The van der Waals surface area contributed by atoms with E-state index in [-0.39, 0.29) is 23.4 Å². The van der Waals surface area contributed by atoms with E-state index < -0.39 is 23.8 Å². The normalized spacial score (nSPS) is 13.2. The van der Waals surface area contributed by atoms with Gasteiger partial charge in [-0.3, -0.25) is 9.59 Å². The Hall–Kier alpha value is -4.90. The number of H-pyrrole nitrogens is 1. The number of Topliss-reactive ketones (excluding diaryl/α,β-unsaturated/α-hetero) is 1. The number of rotatable bonds is 9. The van der Waals surface area contributed by atoms with Gasteiger partial charge < -0.3 is 36.7 Å². The van der Waals surface area contributed by atoms with Crippen molar-refractivity contribution in [2.45, 2.75) is 25.5 Å². The summed E-state index contributed by atoms with van der Waals surface area (Å²) in [6, 6.07) is 12.5. The van der Waals surface area contributed by atoms with Gasteiger partial charge in [-0.15, -0.1) is 0 Å². The highest BCUT2D eigenvalue weighted by atomic mass is 16.5. The molecule has 1 amide bonds. The van der Waals surface area contributed by atoms with Crippen LogP contribution in [0.4, 0.5) is 0 Å². The Balaban J connectivity index is 1.65. The number of aromatic nitrogens is 3. The first kappa shape index (κ1) is 26.2. The van der Waals surface area contributed by atoms with Gasteiger partial charge in [0, 0.05) is 35.6 Å². The number of aliphatic hydroxyl groups is 1. The van der Waals surface area contributed by atoms with Crippen LogP contribution < -0.4 is 21.5 Å². The Bertz CT molecular complexity index is 1530. The molecule has 0 aliphatic carbocycles. The number of pyridine rings is 1. The monoisotopic (exact) mass is 516 g/mol. The van der Waals surface area contributed by atoms with E-state index in [1.54, 1.807) is 48.7 Å². The van der Waals surface area contributed by atoms with Crippen molar-refractivity contribution in [2.75, 3.05) is 7.11 Å². The molecule has 1 unspecified atom stereocenters. The number of imidazole rings is 1.